The van der Waals surface area contributed by atoms with Crippen LogP contribution in [0.2, 0.25) is 3.43 Å². The van der Waals surface area contributed by atoms with Crippen molar-refractivity contribution in [3.8, 4) is 0 Å². The number of tetrazole rings is 1. The topological polar surface area (TPSA) is 52.8 Å². The van der Waals surface area contributed by atoms with Crippen LogP contribution >= 0.6 is 0 Å². The zero-order valence-electron chi connectivity index (χ0n) is 17.9. The molecule has 0 unspecified atom stereocenters. The van der Waals surface area contributed by atoms with Crippen molar-refractivity contribution in [3.63, 3.8) is 0 Å². The summed E-state index contributed by atoms with van der Waals surface area (Å²) < 4.78 is 7.29. The van der Waals surface area contributed by atoms with Crippen LogP contribution in [0.1, 0.15) is 84.1 Å². The van der Waals surface area contributed by atoms with Crippen LogP contribution in [0.3, 0.4) is 0 Å². The Morgan fingerprint density at radius 1 is 0.929 bits per heavy atom. The summed E-state index contributed by atoms with van der Waals surface area (Å²) in [7, 11) is 0. The van der Waals surface area contributed by atoms with Gasteiger partial charge in [0.25, 0.3) is 0 Å². The molecule has 0 saturated heterocycles. The molecule has 1 aromatic carbocycles. The summed E-state index contributed by atoms with van der Waals surface area (Å²) in [5.74, 6) is 0. The van der Waals surface area contributed by atoms with Crippen LogP contribution in [0.5, 0.6) is 0 Å². The SMILES string of the molecule is CCCC[C](CCCC)(CCCC)[Sn][c]1nnn(COCc2ccccc2)n1. The van der Waals surface area contributed by atoms with Gasteiger partial charge in [-0.25, -0.2) is 0 Å². The third kappa shape index (κ3) is 8.19. The molecular formula is C22H36N4OSn. The molecule has 0 atom stereocenters. The predicted octanol–water partition coefficient (Wildman–Crippen LogP) is 4.91. The number of hydrogen-bond donors (Lipinski definition) is 0. The normalized spacial score (nSPS) is 11.8. The molecule has 2 aromatic rings. The van der Waals surface area contributed by atoms with Gasteiger partial charge in [0, 0.05) is 0 Å². The second-order valence-corrected chi connectivity index (χ2v) is 12.7. The number of hydrogen-bond acceptors (Lipinski definition) is 4. The standard InChI is InChI=1S/C13H27.C9H9N4O.Sn/c1-4-7-10-13(11-8-5-2)12-9-6-3;1-2-4-9(5-3-1)6-14-8-13-11-7-10-12-13;/h4-12H2,1-3H3;1-5H,6,8H2;. The number of aromatic nitrogens is 4. The molecule has 0 aliphatic heterocycles. The first-order valence-electron chi connectivity index (χ1n) is 10.9. The van der Waals surface area contributed by atoms with Gasteiger partial charge in [-0.1, -0.05) is 0 Å². The van der Waals surface area contributed by atoms with Crippen molar-refractivity contribution < 1.29 is 4.74 Å². The fourth-order valence-electron chi connectivity index (χ4n) is 3.51. The molecule has 6 heteroatoms. The third-order valence-electron chi connectivity index (χ3n) is 5.17. The van der Waals surface area contributed by atoms with Crippen molar-refractivity contribution >= 4 is 25.0 Å². The van der Waals surface area contributed by atoms with Crippen LogP contribution in [0.25, 0.3) is 0 Å². The summed E-state index contributed by atoms with van der Waals surface area (Å²) in [6.07, 6.45) is 11.8. The quantitative estimate of drug-likeness (QED) is 0.333. The van der Waals surface area contributed by atoms with E-state index in [-0.39, 0.29) is 0 Å². The summed E-state index contributed by atoms with van der Waals surface area (Å²) in [4.78, 5) is 1.63. The summed E-state index contributed by atoms with van der Waals surface area (Å²) in [5.41, 5.74) is 1.16. The Kier molecular flexibility index (Phi) is 11.1. The second-order valence-electron chi connectivity index (χ2n) is 7.66. The Morgan fingerprint density at radius 3 is 2.11 bits per heavy atom. The Hall–Kier alpha value is -0.951. The van der Waals surface area contributed by atoms with E-state index in [2.05, 4.69) is 43.2 Å². The minimum atomic E-state index is -0.919. The van der Waals surface area contributed by atoms with E-state index < -0.39 is 21.1 Å². The van der Waals surface area contributed by atoms with E-state index in [0.29, 0.717) is 16.8 Å². The first-order chi connectivity index (χ1) is 13.7. The van der Waals surface area contributed by atoms with Crippen molar-refractivity contribution in [3.05, 3.63) is 35.9 Å². The zero-order valence-corrected chi connectivity index (χ0v) is 20.7. The summed E-state index contributed by atoms with van der Waals surface area (Å²) in [6, 6.07) is 10.2. The molecule has 0 aliphatic rings. The van der Waals surface area contributed by atoms with Gasteiger partial charge in [0.1, 0.15) is 0 Å². The van der Waals surface area contributed by atoms with Crippen molar-refractivity contribution in [1.29, 1.82) is 0 Å². The number of rotatable bonds is 15. The third-order valence-corrected chi connectivity index (χ3v) is 10.0. The second kappa shape index (κ2) is 13.3. The van der Waals surface area contributed by atoms with Gasteiger partial charge < -0.3 is 0 Å². The van der Waals surface area contributed by atoms with E-state index in [9.17, 15) is 0 Å². The van der Waals surface area contributed by atoms with E-state index in [1.807, 2.05) is 18.2 Å². The van der Waals surface area contributed by atoms with E-state index in [1.54, 1.807) is 4.80 Å². The molecule has 2 radical (unpaired) electrons. The van der Waals surface area contributed by atoms with E-state index in [1.165, 1.54) is 57.8 Å². The van der Waals surface area contributed by atoms with E-state index >= 15 is 0 Å². The van der Waals surface area contributed by atoms with Crippen LogP contribution in [0.4, 0.5) is 0 Å². The molecule has 0 amide bonds. The van der Waals surface area contributed by atoms with Gasteiger partial charge in [-0.15, -0.1) is 0 Å². The van der Waals surface area contributed by atoms with Gasteiger partial charge >= 0.3 is 181 Å². The van der Waals surface area contributed by atoms with Gasteiger partial charge in [-0.2, -0.15) is 0 Å². The van der Waals surface area contributed by atoms with E-state index in [0.717, 1.165) is 9.40 Å². The number of unbranched alkanes of at least 4 members (excludes halogenated alkanes) is 3. The van der Waals surface area contributed by atoms with Gasteiger partial charge in [-0.05, 0) is 0 Å². The molecule has 0 saturated carbocycles. The molecule has 5 nitrogen and oxygen atoms in total. The number of nitrogens with zero attached hydrogens (tertiary/aromatic N) is 4. The summed E-state index contributed by atoms with van der Waals surface area (Å²) >= 11 is -0.919. The fraction of sp³-hybridized carbons (Fsp3) is 0.682. The Bertz CT molecular complexity index is 625. The molecule has 1 aromatic heterocycles. The fourth-order valence-corrected chi connectivity index (χ4v) is 8.19. The maximum absolute atomic E-state index is 5.76. The molecule has 154 valence electrons. The van der Waals surface area contributed by atoms with Crippen LogP contribution in [-0.4, -0.2) is 41.3 Å². The van der Waals surface area contributed by atoms with Crippen LogP contribution in [-0.2, 0) is 18.1 Å². The van der Waals surface area contributed by atoms with Crippen LogP contribution in [0, 0.1) is 0 Å². The molecule has 2 rings (SSSR count). The van der Waals surface area contributed by atoms with Crippen LogP contribution in [0.15, 0.2) is 30.3 Å². The molecular weight excluding hydrogens is 455 g/mol. The van der Waals surface area contributed by atoms with Crippen molar-refractivity contribution in [2.24, 2.45) is 0 Å². The molecule has 0 fully saturated rings. The summed E-state index contributed by atoms with van der Waals surface area (Å²) in [5, 5.41) is 13.4. The first-order valence-corrected chi connectivity index (χ1v) is 13.7. The van der Waals surface area contributed by atoms with Gasteiger partial charge in [0.15, 0.2) is 0 Å². The van der Waals surface area contributed by atoms with Gasteiger partial charge in [0.05, 0.1) is 0 Å². The molecule has 1 heterocycles. The molecule has 28 heavy (non-hydrogen) atoms. The van der Waals surface area contributed by atoms with Crippen molar-refractivity contribution in [2.45, 2.75) is 95.3 Å². The Labute approximate surface area is 180 Å². The van der Waals surface area contributed by atoms with E-state index in [4.69, 9.17) is 9.84 Å². The van der Waals surface area contributed by atoms with Crippen molar-refractivity contribution in [2.75, 3.05) is 0 Å². The Balaban J connectivity index is 1.96. The molecule has 0 N–H and O–H groups in total. The maximum atomic E-state index is 5.76. The monoisotopic (exact) mass is 492 g/mol. The minimum absolute atomic E-state index is 0.368. The predicted molar refractivity (Wildman–Crippen MR) is 116 cm³/mol. The first kappa shape index (κ1) is 23.3. The molecule has 0 bridgehead atoms. The van der Waals surface area contributed by atoms with Crippen LogP contribution < -0.4 is 3.84 Å². The molecule has 0 spiro atoms. The summed E-state index contributed by atoms with van der Waals surface area (Å²) in [6.45, 7) is 7.84. The molecule has 0 aliphatic carbocycles. The number of ether oxygens (including phenoxy) is 1. The average Bonchev–Trinajstić information content (AvgIpc) is 3.16. The Morgan fingerprint density at radius 2 is 1.54 bits per heavy atom. The number of benzene rings is 1. The average molecular weight is 491 g/mol. The zero-order chi connectivity index (χ0) is 20.1. The van der Waals surface area contributed by atoms with Gasteiger partial charge in [0.2, 0.25) is 0 Å². The van der Waals surface area contributed by atoms with Gasteiger partial charge in [-0.3, -0.25) is 0 Å². The van der Waals surface area contributed by atoms with Crippen molar-refractivity contribution in [1.82, 2.24) is 20.2 Å².